The van der Waals surface area contributed by atoms with Gasteiger partial charge in [-0.3, -0.25) is 4.79 Å². The monoisotopic (exact) mass is 416 g/mol. The number of nitrogens with zero attached hydrogens (tertiary/aromatic N) is 2. The molecular formula is C21H25ClN4O3. The van der Waals surface area contributed by atoms with Crippen LogP contribution in [-0.2, 0) is 17.6 Å². The van der Waals surface area contributed by atoms with Gasteiger partial charge in [-0.25, -0.2) is 0 Å². The van der Waals surface area contributed by atoms with Crippen molar-refractivity contribution in [3.63, 3.8) is 0 Å². The molecule has 1 amide bonds. The third-order valence-electron chi connectivity index (χ3n) is 4.33. The normalized spacial score (nSPS) is 10.2. The SMILES string of the molecule is COc1ccc(-c2noc(CCCC(=O)NCCc3ccc(N)cc3)n2)cc1.Cl. The molecule has 3 aromatic rings. The summed E-state index contributed by atoms with van der Waals surface area (Å²) in [6.07, 6.45) is 2.41. The number of halogens is 1. The number of rotatable bonds is 9. The van der Waals surface area contributed by atoms with Crippen LogP contribution < -0.4 is 15.8 Å². The van der Waals surface area contributed by atoms with Gasteiger partial charge in [-0.2, -0.15) is 4.98 Å². The van der Waals surface area contributed by atoms with Crippen LogP contribution in [0.15, 0.2) is 53.1 Å². The number of nitrogens with one attached hydrogen (secondary N) is 1. The van der Waals surface area contributed by atoms with Crippen molar-refractivity contribution in [2.45, 2.75) is 25.7 Å². The van der Waals surface area contributed by atoms with E-state index in [1.165, 1.54) is 0 Å². The second-order valence-corrected chi connectivity index (χ2v) is 6.44. The van der Waals surface area contributed by atoms with Gasteiger partial charge in [-0.05, 0) is 54.8 Å². The first kappa shape index (κ1) is 22.2. The number of carbonyl (C=O) groups excluding carboxylic acids is 1. The highest BCUT2D eigenvalue weighted by molar-refractivity contribution is 5.85. The molecule has 0 bridgehead atoms. The Morgan fingerprint density at radius 2 is 1.83 bits per heavy atom. The molecule has 0 aliphatic rings. The van der Waals surface area contributed by atoms with E-state index in [1.54, 1.807) is 7.11 Å². The van der Waals surface area contributed by atoms with Crippen LogP contribution in [0.2, 0.25) is 0 Å². The van der Waals surface area contributed by atoms with Crippen molar-refractivity contribution in [3.8, 4) is 17.1 Å². The lowest BCUT2D eigenvalue weighted by Gasteiger charge is -2.05. The summed E-state index contributed by atoms with van der Waals surface area (Å²) >= 11 is 0. The van der Waals surface area contributed by atoms with E-state index >= 15 is 0 Å². The smallest absolute Gasteiger partial charge is 0.226 e. The number of nitrogens with two attached hydrogens (primary N) is 1. The number of nitrogen functional groups attached to an aromatic ring is 1. The Kier molecular flexibility index (Phi) is 8.48. The molecule has 2 aromatic carbocycles. The molecule has 0 aliphatic heterocycles. The first-order valence-corrected chi connectivity index (χ1v) is 9.22. The Morgan fingerprint density at radius 1 is 1.10 bits per heavy atom. The van der Waals surface area contributed by atoms with Crippen molar-refractivity contribution in [3.05, 3.63) is 60.0 Å². The highest BCUT2D eigenvalue weighted by atomic mass is 35.5. The van der Waals surface area contributed by atoms with Gasteiger partial charge in [0.2, 0.25) is 17.6 Å². The molecule has 3 rings (SSSR count). The van der Waals surface area contributed by atoms with Crippen LogP contribution in [0, 0.1) is 0 Å². The maximum Gasteiger partial charge on any atom is 0.226 e. The number of benzene rings is 2. The highest BCUT2D eigenvalue weighted by Gasteiger charge is 2.10. The topological polar surface area (TPSA) is 103 Å². The molecule has 3 N–H and O–H groups in total. The number of carbonyl (C=O) groups is 1. The zero-order valence-electron chi connectivity index (χ0n) is 16.3. The van der Waals surface area contributed by atoms with Gasteiger partial charge >= 0.3 is 0 Å². The minimum Gasteiger partial charge on any atom is -0.497 e. The molecule has 0 unspecified atom stereocenters. The Labute approximate surface area is 176 Å². The molecule has 154 valence electrons. The number of ether oxygens (including phenoxy) is 1. The van der Waals surface area contributed by atoms with Crippen molar-refractivity contribution in [1.29, 1.82) is 0 Å². The zero-order chi connectivity index (χ0) is 19.8. The van der Waals surface area contributed by atoms with Gasteiger partial charge in [0, 0.05) is 30.6 Å². The van der Waals surface area contributed by atoms with Crippen LogP contribution in [0.1, 0.15) is 24.3 Å². The molecule has 0 saturated heterocycles. The van der Waals surface area contributed by atoms with Gasteiger partial charge in [0.05, 0.1) is 7.11 Å². The summed E-state index contributed by atoms with van der Waals surface area (Å²) in [5.74, 6) is 1.85. The standard InChI is InChI=1S/C21H24N4O3.ClH/c1-27-18-11-7-16(8-12-18)21-24-20(28-25-21)4-2-3-19(26)23-14-13-15-5-9-17(22)10-6-15;/h5-12H,2-4,13-14,22H2,1H3,(H,23,26);1H. The lowest BCUT2D eigenvalue weighted by Crippen LogP contribution is -2.25. The molecule has 0 atom stereocenters. The minimum absolute atomic E-state index is 0. The van der Waals surface area contributed by atoms with Gasteiger partial charge < -0.3 is 20.3 Å². The van der Waals surface area contributed by atoms with Crippen molar-refractivity contribution >= 4 is 24.0 Å². The molecule has 0 saturated carbocycles. The summed E-state index contributed by atoms with van der Waals surface area (Å²) in [5.41, 5.74) is 8.40. The van der Waals surface area contributed by atoms with Crippen LogP contribution >= 0.6 is 12.4 Å². The van der Waals surface area contributed by atoms with Crippen LogP contribution in [-0.4, -0.2) is 29.7 Å². The van der Waals surface area contributed by atoms with E-state index in [4.69, 9.17) is 15.0 Å². The van der Waals surface area contributed by atoms with Crippen LogP contribution in [0.25, 0.3) is 11.4 Å². The van der Waals surface area contributed by atoms with E-state index in [1.807, 2.05) is 48.5 Å². The van der Waals surface area contributed by atoms with Gasteiger partial charge in [0.1, 0.15) is 5.75 Å². The van der Waals surface area contributed by atoms with Crippen molar-refractivity contribution in [1.82, 2.24) is 15.5 Å². The molecule has 8 heteroatoms. The fourth-order valence-corrected chi connectivity index (χ4v) is 2.73. The lowest BCUT2D eigenvalue weighted by atomic mass is 10.1. The summed E-state index contributed by atoms with van der Waals surface area (Å²) in [6, 6.07) is 15.1. The first-order valence-electron chi connectivity index (χ1n) is 9.22. The predicted molar refractivity (Wildman–Crippen MR) is 114 cm³/mol. The van der Waals surface area contributed by atoms with Gasteiger partial charge in [0.15, 0.2) is 0 Å². The molecule has 7 nitrogen and oxygen atoms in total. The van der Waals surface area contributed by atoms with Crippen LogP contribution in [0.3, 0.4) is 0 Å². The molecule has 29 heavy (non-hydrogen) atoms. The van der Waals surface area contributed by atoms with Gasteiger partial charge in [-0.1, -0.05) is 17.3 Å². The van der Waals surface area contributed by atoms with E-state index < -0.39 is 0 Å². The maximum absolute atomic E-state index is 12.0. The number of amides is 1. The van der Waals surface area contributed by atoms with Crippen molar-refractivity contribution < 1.29 is 14.1 Å². The number of aryl methyl sites for hydroxylation is 1. The predicted octanol–water partition coefficient (Wildman–Crippen LogP) is 3.43. The molecular weight excluding hydrogens is 392 g/mol. The summed E-state index contributed by atoms with van der Waals surface area (Å²) in [5, 5.41) is 6.92. The van der Waals surface area contributed by atoms with Gasteiger partial charge in [-0.15, -0.1) is 12.4 Å². The van der Waals surface area contributed by atoms with Crippen LogP contribution in [0.4, 0.5) is 5.69 Å². The van der Waals surface area contributed by atoms with E-state index in [2.05, 4.69) is 15.5 Å². The molecule has 0 radical (unpaired) electrons. The second kappa shape index (κ2) is 11.1. The number of methoxy groups -OCH3 is 1. The number of hydrogen-bond donors (Lipinski definition) is 2. The maximum atomic E-state index is 12.0. The summed E-state index contributed by atoms with van der Waals surface area (Å²) in [6.45, 7) is 0.602. The number of hydrogen-bond acceptors (Lipinski definition) is 6. The van der Waals surface area contributed by atoms with E-state index in [0.717, 1.165) is 29.0 Å². The largest absolute Gasteiger partial charge is 0.497 e. The average molecular weight is 417 g/mol. The highest BCUT2D eigenvalue weighted by Crippen LogP contribution is 2.20. The molecule has 1 heterocycles. The van der Waals surface area contributed by atoms with Crippen molar-refractivity contribution in [2.24, 2.45) is 0 Å². The lowest BCUT2D eigenvalue weighted by molar-refractivity contribution is -0.121. The van der Waals surface area contributed by atoms with E-state index in [-0.39, 0.29) is 18.3 Å². The van der Waals surface area contributed by atoms with Crippen LogP contribution in [0.5, 0.6) is 5.75 Å². The Bertz CT molecular complexity index is 895. The fraction of sp³-hybridized carbons (Fsp3) is 0.286. The molecule has 0 fully saturated rings. The third kappa shape index (κ3) is 6.80. The first-order chi connectivity index (χ1) is 13.6. The zero-order valence-corrected chi connectivity index (χ0v) is 17.1. The Morgan fingerprint density at radius 3 is 2.52 bits per heavy atom. The minimum atomic E-state index is 0. The van der Waals surface area contributed by atoms with E-state index in [0.29, 0.717) is 37.5 Å². The number of anilines is 1. The Hall–Kier alpha value is -3.06. The molecule has 0 aliphatic carbocycles. The van der Waals surface area contributed by atoms with Gasteiger partial charge in [0.25, 0.3) is 0 Å². The average Bonchev–Trinajstić information content (AvgIpc) is 3.18. The van der Waals surface area contributed by atoms with Crippen molar-refractivity contribution in [2.75, 3.05) is 19.4 Å². The summed E-state index contributed by atoms with van der Waals surface area (Å²) in [4.78, 5) is 16.3. The Balaban J connectivity index is 0.00000300. The van der Waals surface area contributed by atoms with E-state index in [9.17, 15) is 4.79 Å². The third-order valence-corrected chi connectivity index (χ3v) is 4.33. The fourth-order valence-electron chi connectivity index (χ4n) is 2.73. The second-order valence-electron chi connectivity index (χ2n) is 6.44. The molecule has 1 aromatic heterocycles. The molecule has 0 spiro atoms. The summed E-state index contributed by atoms with van der Waals surface area (Å²) in [7, 11) is 1.62. The number of aromatic nitrogens is 2. The quantitative estimate of drug-likeness (QED) is 0.518. The summed E-state index contributed by atoms with van der Waals surface area (Å²) < 4.78 is 10.4.